The van der Waals surface area contributed by atoms with Crippen LogP contribution in [0.5, 0.6) is 0 Å². The third kappa shape index (κ3) is 2.77. The van der Waals surface area contributed by atoms with Crippen LogP contribution in [0.25, 0.3) is 0 Å². The maximum atomic E-state index is 12.0. The maximum Gasteiger partial charge on any atom is 0.307 e. The number of carbonyl (C=O) groups is 3. The van der Waals surface area contributed by atoms with E-state index in [4.69, 9.17) is 5.11 Å². The Morgan fingerprint density at radius 2 is 1.85 bits per heavy atom. The van der Waals surface area contributed by atoms with Crippen LogP contribution in [-0.2, 0) is 14.4 Å². The first-order chi connectivity index (χ1) is 9.35. The molecule has 1 aliphatic heterocycles. The molecule has 7 heteroatoms. The Balaban J connectivity index is 1.81. The van der Waals surface area contributed by atoms with E-state index >= 15 is 0 Å². The zero-order valence-electron chi connectivity index (χ0n) is 11.8. The molecule has 2 amide bonds. The second-order valence-corrected chi connectivity index (χ2v) is 5.96. The van der Waals surface area contributed by atoms with Crippen LogP contribution in [0.3, 0.4) is 0 Å². The molecule has 1 aliphatic carbocycles. The van der Waals surface area contributed by atoms with E-state index in [1.165, 1.54) is 0 Å². The molecule has 3 N–H and O–H groups in total. The normalized spacial score (nSPS) is 27.8. The summed E-state index contributed by atoms with van der Waals surface area (Å²) in [6.07, 6.45) is 0. The first-order valence-corrected chi connectivity index (χ1v) is 6.84. The minimum absolute atomic E-state index is 0.0578. The second kappa shape index (κ2) is 5.40. The average molecular weight is 283 g/mol. The molecule has 0 aromatic carbocycles. The molecule has 112 valence electrons. The Hall–Kier alpha value is -1.63. The lowest BCUT2D eigenvalue weighted by atomic mass is 10.1. The summed E-state index contributed by atoms with van der Waals surface area (Å²) in [5.41, 5.74) is -0.534. The maximum absolute atomic E-state index is 12.0. The number of carboxylic acids is 1. The molecule has 0 bridgehead atoms. The summed E-state index contributed by atoms with van der Waals surface area (Å²) in [4.78, 5) is 36.6. The number of hydrogen-bond acceptors (Lipinski definition) is 4. The number of nitrogens with zero attached hydrogens (tertiary/aromatic N) is 1. The summed E-state index contributed by atoms with van der Waals surface area (Å²) >= 11 is 0. The number of hydrogen-bond donors (Lipinski definition) is 3. The smallest absolute Gasteiger partial charge is 0.307 e. The van der Waals surface area contributed by atoms with Crippen molar-refractivity contribution >= 4 is 17.8 Å². The lowest BCUT2D eigenvalue weighted by Crippen LogP contribution is -2.49. The summed E-state index contributed by atoms with van der Waals surface area (Å²) in [5, 5.41) is 14.7. The van der Waals surface area contributed by atoms with Gasteiger partial charge in [0.2, 0.25) is 11.8 Å². The van der Waals surface area contributed by atoms with Gasteiger partial charge in [-0.25, -0.2) is 0 Å². The number of amides is 2. The van der Waals surface area contributed by atoms with Crippen molar-refractivity contribution in [3.05, 3.63) is 0 Å². The lowest BCUT2D eigenvalue weighted by Gasteiger charge is -2.27. The Bertz CT molecular complexity index is 429. The van der Waals surface area contributed by atoms with Crippen molar-refractivity contribution in [2.45, 2.75) is 13.8 Å². The standard InChI is InChI=1S/C13H21N3O4/c1-13(2)9(10(13)12(19)20)11(18)15-7-8(17)16-5-3-14-4-6-16/h9-10,14H,3-7H2,1-2H3,(H,15,18)(H,19,20). The van der Waals surface area contributed by atoms with Gasteiger partial charge in [0.15, 0.2) is 0 Å². The SMILES string of the molecule is CC1(C)C(C(=O)O)C1C(=O)NCC(=O)N1CCNCC1. The molecule has 1 saturated heterocycles. The van der Waals surface area contributed by atoms with Gasteiger partial charge in [0, 0.05) is 26.2 Å². The van der Waals surface area contributed by atoms with Gasteiger partial charge in [-0.15, -0.1) is 0 Å². The van der Waals surface area contributed by atoms with E-state index in [0.717, 1.165) is 13.1 Å². The Morgan fingerprint density at radius 1 is 1.25 bits per heavy atom. The highest BCUT2D eigenvalue weighted by molar-refractivity contribution is 5.93. The van der Waals surface area contributed by atoms with Crippen molar-refractivity contribution in [3.63, 3.8) is 0 Å². The van der Waals surface area contributed by atoms with Crippen LogP contribution in [0.4, 0.5) is 0 Å². The summed E-state index contributed by atoms with van der Waals surface area (Å²) in [7, 11) is 0. The van der Waals surface area contributed by atoms with E-state index in [-0.39, 0.29) is 18.4 Å². The van der Waals surface area contributed by atoms with E-state index in [1.54, 1.807) is 18.7 Å². The van der Waals surface area contributed by atoms with Crippen LogP contribution in [0, 0.1) is 17.3 Å². The number of carbonyl (C=O) groups excluding carboxylic acids is 2. The second-order valence-electron chi connectivity index (χ2n) is 5.96. The molecule has 0 radical (unpaired) electrons. The minimum atomic E-state index is -0.955. The largest absolute Gasteiger partial charge is 0.481 e. The molecule has 2 aliphatic rings. The number of aliphatic carboxylic acids is 1. The number of carboxylic acid groups (broad SMARTS) is 1. The topological polar surface area (TPSA) is 98.7 Å². The monoisotopic (exact) mass is 283 g/mol. The highest BCUT2D eigenvalue weighted by atomic mass is 16.4. The van der Waals surface area contributed by atoms with Crippen molar-refractivity contribution in [2.24, 2.45) is 17.3 Å². The molecule has 0 spiro atoms. The van der Waals surface area contributed by atoms with Gasteiger partial charge in [-0.2, -0.15) is 0 Å². The predicted octanol–water partition coefficient (Wildman–Crippen LogP) is -1.11. The predicted molar refractivity (Wildman–Crippen MR) is 70.9 cm³/mol. The molecule has 0 aromatic rings. The molecule has 2 rings (SSSR count). The van der Waals surface area contributed by atoms with E-state index in [0.29, 0.717) is 13.1 Å². The highest BCUT2D eigenvalue weighted by Gasteiger charge is 2.65. The van der Waals surface area contributed by atoms with Crippen molar-refractivity contribution < 1.29 is 19.5 Å². The molecule has 2 unspecified atom stereocenters. The fourth-order valence-corrected chi connectivity index (χ4v) is 2.89. The fraction of sp³-hybridized carbons (Fsp3) is 0.769. The van der Waals surface area contributed by atoms with E-state index in [1.807, 2.05) is 0 Å². The van der Waals surface area contributed by atoms with E-state index in [9.17, 15) is 14.4 Å². The molecule has 2 fully saturated rings. The fourth-order valence-electron chi connectivity index (χ4n) is 2.89. The van der Waals surface area contributed by atoms with Crippen molar-refractivity contribution in [1.82, 2.24) is 15.5 Å². The Labute approximate surface area is 117 Å². The zero-order chi connectivity index (χ0) is 14.9. The van der Waals surface area contributed by atoms with Crippen LogP contribution < -0.4 is 10.6 Å². The van der Waals surface area contributed by atoms with E-state index < -0.39 is 23.2 Å². The number of piperazine rings is 1. The Kier molecular flexibility index (Phi) is 3.99. The molecule has 2 atom stereocenters. The summed E-state index contributed by atoms with van der Waals surface area (Å²) in [5.74, 6) is -2.62. The first-order valence-electron chi connectivity index (χ1n) is 6.84. The summed E-state index contributed by atoms with van der Waals surface area (Å²) < 4.78 is 0. The molecular weight excluding hydrogens is 262 g/mol. The van der Waals surface area contributed by atoms with Gasteiger partial charge in [0.25, 0.3) is 0 Å². The van der Waals surface area contributed by atoms with E-state index in [2.05, 4.69) is 10.6 Å². The molecule has 20 heavy (non-hydrogen) atoms. The van der Waals surface area contributed by atoms with Gasteiger partial charge in [-0.3, -0.25) is 14.4 Å². The summed E-state index contributed by atoms with van der Waals surface area (Å²) in [6, 6.07) is 0. The third-order valence-corrected chi connectivity index (χ3v) is 4.26. The Morgan fingerprint density at radius 3 is 2.35 bits per heavy atom. The average Bonchev–Trinajstić information content (AvgIpc) is 3.00. The van der Waals surface area contributed by atoms with Crippen molar-refractivity contribution in [2.75, 3.05) is 32.7 Å². The minimum Gasteiger partial charge on any atom is -0.481 e. The van der Waals surface area contributed by atoms with Crippen LogP contribution in [0.1, 0.15) is 13.8 Å². The molecule has 1 heterocycles. The van der Waals surface area contributed by atoms with Gasteiger partial charge >= 0.3 is 5.97 Å². The quantitative estimate of drug-likeness (QED) is 0.608. The molecule has 1 saturated carbocycles. The van der Waals surface area contributed by atoms with Crippen LogP contribution in [0.15, 0.2) is 0 Å². The first kappa shape index (κ1) is 14.8. The molecule has 7 nitrogen and oxygen atoms in total. The van der Waals surface area contributed by atoms with Crippen LogP contribution >= 0.6 is 0 Å². The highest BCUT2D eigenvalue weighted by Crippen LogP contribution is 2.58. The van der Waals surface area contributed by atoms with Gasteiger partial charge in [0.1, 0.15) is 0 Å². The van der Waals surface area contributed by atoms with Gasteiger partial charge in [0.05, 0.1) is 18.4 Å². The van der Waals surface area contributed by atoms with Gasteiger partial charge < -0.3 is 20.6 Å². The van der Waals surface area contributed by atoms with Gasteiger partial charge in [-0.05, 0) is 5.41 Å². The number of nitrogens with one attached hydrogen (secondary N) is 2. The molecule has 0 aromatic heterocycles. The number of rotatable bonds is 4. The summed E-state index contributed by atoms with van der Waals surface area (Å²) in [6.45, 7) is 6.26. The van der Waals surface area contributed by atoms with Crippen molar-refractivity contribution in [1.29, 1.82) is 0 Å². The zero-order valence-corrected chi connectivity index (χ0v) is 11.8. The van der Waals surface area contributed by atoms with Gasteiger partial charge in [-0.1, -0.05) is 13.8 Å². The van der Waals surface area contributed by atoms with Crippen LogP contribution in [0.2, 0.25) is 0 Å². The lowest BCUT2D eigenvalue weighted by molar-refractivity contribution is -0.140. The van der Waals surface area contributed by atoms with Crippen LogP contribution in [-0.4, -0.2) is 60.5 Å². The van der Waals surface area contributed by atoms with Crippen molar-refractivity contribution in [3.8, 4) is 0 Å². The third-order valence-electron chi connectivity index (χ3n) is 4.26. The molecular formula is C13H21N3O4.